The maximum Gasteiger partial charge on any atom is 1.00 e. The van der Waals surface area contributed by atoms with Gasteiger partial charge >= 0.3 is 35.5 Å². The molecule has 0 aromatic heterocycles. The van der Waals surface area contributed by atoms with Gasteiger partial charge < -0.3 is 54.5 Å². The molecule has 0 fully saturated rings. The number of nitrogens with zero attached hydrogens (tertiary/aromatic N) is 2. The molecule has 4 heterocycles. The first kappa shape index (κ1) is 54.7. The quantitative estimate of drug-likeness (QED) is 0.0982. The molecule has 4 aromatic carbocycles. The van der Waals surface area contributed by atoms with Gasteiger partial charge in [0, 0.05) is 135 Å². The molecule has 16 heteroatoms. The van der Waals surface area contributed by atoms with Gasteiger partial charge in [-0.1, -0.05) is 60.7 Å². The van der Waals surface area contributed by atoms with E-state index < -0.39 is 35.2 Å². The van der Waals surface area contributed by atoms with Crippen molar-refractivity contribution in [3.05, 3.63) is 117 Å². The number of aliphatic imine (C=N–C) groups is 2. The third-order valence-corrected chi connectivity index (χ3v) is 11.5. The average Bonchev–Trinajstić information content (AvgIpc) is 3.28. The summed E-state index contributed by atoms with van der Waals surface area (Å²) in [7, 11) is 1.34. The molecular formula is C52H66BN3NaO11. The maximum atomic E-state index is 12.4. The number of fused-ring (bicyclic) bond motifs is 4. The average molecular weight is 943 g/mol. The number of benzene rings is 4. The van der Waals surface area contributed by atoms with Gasteiger partial charge in [-0.25, -0.2) is 4.79 Å². The number of aliphatic hydroxyl groups excluding tert-OH is 1. The van der Waals surface area contributed by atoms with E-state index in [1.54, 1.807) is 12.4 Å². The first-order valence-electron chi connectivity index (χ1n) is 22.6. The van der Waals surface area contributed by atoms with Crippen molar-refractivity contribution in [2.75, 3.05) is 26.8 Å². The Kier molecular flexibility index (Phi) is 18.9. The van der Waals surface area contributed by atoms with Crippen molar-refractivity contribution in [2.45, 2.75) is 130 Å². The fourth-order valence-corrected chi connectivity index (χ4v) is 7.87. The Morgan fingerprint density at radius 3 is 1.59 bits per heavy atom. The number of ether oxygens (including phenoxy) is 9. The topological polar surface area (TPSA) is 157 Å². The number of nitrogens with one attached hydrogen (secondary N) is 1. The molecule has 2 N–H and O–H groups in total. The molecular weight excluding hydrogens is 876 g/mol. The molecule has 14 nitrogen and oxygen atoms in total. The second-order valence-corrected chi connectivity index (χ2v) is 18.7. The van der Waals surface area contributed by atoms with Crippen LogP contribution in [0.1, 0.15) is 108 Å². The third-order valence-electron chi connectivity index (χ3n) is 11.5. The van der Waals surface area contributed by atoms with E-state index >= 15 is 0 Å². The second-order valence-electron chi connectivity index (χ2n) is 18.7. The van der Waals surface area contributed by atoms with Crippen molar-refractivity contribution in [3.8, 4) is 23.0 Å². The van der Waals surface area contributed by atoms with Gasteiger partial charge in [0.25, 0.3) is 0 Å². The Morgan fingerprint density at radius 1 is 0.676 bits per heavy atom. The second kappa shape index (κ2) is 23.5. The molecule has 0 aliphatic carbocycles. The van der Waals surface area contributed by atoms with Crippen LogP contribution < -0.4 is 53.8 Å². The van der Waals surface area contributed by atoms with E-state index in [0.29, 0.717) is 38.7 Å². The van der Waals surface area contributed by atoms with Crippen molar-refractivity contribution in [1.29, 1.82) is 0 Å². The van der Waals surface area contributed by atoms with Crippen LogP contribution in [0.5, 0.6) is 23.0 Å². The summed E-state index contributed by atoms with van der Waals surface area (Å²) in [6.45, 7) is 18.9. The molecule has 3 radical (unpaired) electrons. The van der Waals surface area contributed by atoms with Gasteiger partial charge in [0.2, 0.25) is 23.1 Å². The van der Waals surface area contributed by atoms with Crippen molar-refractivity contribution in [2.24, 2.45) is 15.9 Å². The summed E-state index contributed by atoms with van der Waals surface area (Å²) in [5.74, 6) is 0.283. The summed E-state index contributed by atoms with van der Waals surface area (Å²) in [6, 6.07) is 23.1. The molecule has 4 aliphatic rings. The van der Waals surface area contributed by atoms with Gasteiger partial charge in [-0.2, -0.15) is 0 Å². The zero-order valence-electron chi connectivity index (χ0n) is 42.3. The Balaban J connectivity index is 0.000000288. The van der Waals surface area contributed by atoms with Crippen LogP contribution in [0.4, 0.5) is 0 Å². The predicted octanol–water partition coefficient (Wildman–Crippen LogP) is 5.10. The first-order valence-corrected chi connectivity index (χ1v) is 22.6. The van der Waals surface area contributed by atoms with Crippen molar-refractivity contribution >= 4 is 26.8 Å². The van der Waals surface area contributed by atoms with Crippen molar-refractivity contribution < 1.29 is 83.5 Å². The maximum absolute atomic E-state index is 12.4. The van der Waals surface area contributed by atoms with Crippen molar-refractivity contribution in [1.82, 2.24) is 5.32 Å². The minimum Gasteiger partial charge on any atom is -1.00 e. The number of hydrogen-bond donors (Lipinski definition) is 2. The summed E-state index contributed by atoms with van der Waals surface area (Å²) < 4.78 is 52.0. The van der Waals surface area contributed by atoms with E-state index in [1.807, 2.05) is 110 Å². The number of methoxy groups -OCH3 is 1. The number of carbonyl (C=O) groups excluding carboxylic acids is 1. The smallest absolute Gasteiger partial charge is 1.00 e. The number of esters is 1. The Morgan fingerprint density at radius 2 is 1.10 bits per heavy atom. The molecule has 68 heavy (non-hydrogen) atoms. The van der Waals surface area contributed by atoms with E-state index in [1.165, 1.54) is 12.7 Å². The number of carbonyl (C=O) groups is 1. The molecule has 4 aliphatic heterocycles. The van der Waals surface area contributed by atoms with E-state index in [9.17, 15) is 9.90 Å². The van der Waals surface area contributed by atoms with E-state index in [0.717, 1.165) is 75.6 Å². The summed E-state index contributed by atoms with van der Waals surface area (Å²) in [4.78, 5) is 21.3. The van der Waals surface area contributed by atoms with Crippen LogP contribution in [0.15, 0.2) is 82.8 Å². The Hall–Kier alpha value is -4.29. The fraction of sp³-hybridized carbons (Fsp3) is 0.481. The van der Waals surface area contributed by atoms with Gasteiger partial charge in [0.1, 0.15) is 23.0 Å². The third kappa shape index (κ3) is 14.4. The van der Waals surface area contributed by atoms with Gasteiger partial charge in [-0.05, 0) is 36.5 Å². The predicted molar refractivity (Wildman–Crippen MR) is 257 cm³/mol. The van der Waals surface area contributed by atoms with Crippen LogP contribution in [-0.4, -0.2) is 87.9 Å². The number of para-hydroxylation sites is 4. The fourth-order valence-electron chi connectivity index (χ4n) is 7.87. The van der Waals surface area contributed by atoms with E-state index in [2.05, 4.69) is 33.5 Å². The molecule has 8 rings (SSSR count). The minimum absolute atomic E-state index is 0. The number of aryl methyl sites for hydroxylation is 1. The van der Waals surface area contributed by atoms with Crippen LogP contribution in [-0.2, 0) is 67.9 Å². The van der Waals surface area contributed by atoms with Crippen LogP contribution in [0.2, 0.25) is 0 Å². The number of aliphatic hydroxyl groups is 1. The van der Waals surface area contributed by atoms with Crippen LogP contribution in [0, 0.1) is 5.92 Å². The molecule has 2 atom stereocenters. The first-order chi connectivity index (χ1) is 31.4. The van der Waals surface area contributed by atoms with Crippen LogP contribution in [0.3, 0.4) is 0 Å². The molecule has 359 valence electrons. The molecule has 0 saturated heterocycles. The number of hydrogen-bond acceptors (Lipinski definition) is 14. The van der Waals surface area contributed by atoms with Crippen LogP contribution >= 0.6 is 0 Å². The molecule has 0 amide bonds. The SMILES string of the molecule is CC1(C)OCc2cccc(CCC(CO)CNCc3cccc4c3OC(C)(C)OC4)c2O1.COC(=O)C(CN=Cc1cccc2c1OC(C)(C)OC2)N=Cc1cccc2c1OC(C)(C)OC2.[B].[H-].[Na+]. The number of rotatable bonds is 14. The van der Waals surface area contributed by atoms with E-state index in [-0.39, 0.29) is 58.5 Å². The minimum atomic E-state index is -0.801. The summed E-state index contributed by atoms with van der Waals surface area (Å²) in [6.07, 6.45) is 5.04. The molecule has 0 saturated carbocycles. The Labute approximate surface area is 426 Å². The van der Waals surface area contributed by atoms with Gasteiger partial charge in [-0.15, -0.1) is 0 Å². The standard InChI is InChI=1S/C26H30N2O6.C26H35NO5.B.Na.H/c1-25(2)31-15-19-10-6-8-17(22(19)33-25)12-27-14-21(24(29)30-5)28-13-18-9-7-11-20-16-32-26(3,4)34-23(18)20;1-25(2)29-16-21-9-5-7-19(23(21)31-25)12-11-18(15-28)13-27-14-20-8-6-10-22-17-30-26(3,4)32-24(20)22;;;/h6-13,21H,14-16H2,1-5H3;5-10,18,27-28H,11-17H2,1-4H3;;;/q;;;+1;-1. The van der Waals surface area contributed by atoms with Crippen molar-refractivity contribution in [3.63, 3.8) is 0 Å². The van der Waals surface area contributed by atoms with Gasteiger partial charge in [0.05, 0.1) is 40.1 Å². The molecule has 2 unspecified atom stereocenters. The zero-order chi connectivity index (χ0) is 47.1. The summed E-state index contributed by atoms with van der Waals surface area (Å²) in [5.41, 5.74) is 7.90. The van der Waals surface area contributed by atoms with Crippen LogP contribution in [0.25, 0.3) is 0 Å². The molecule has 0 spiro atoms. The zero-order valence-corrected chi connectivity index (χ0v) is 43.3. The van der Waals surface area contributed by atoms with Gasteiger partial charge in [0.15, 0.2) is 6.04 Å². The normalized spacial score (nSPS) is 18.6. The molecule has 0 bridgehead atoms. The summed E-state index contributed by atoms with van der Waals surface area (Å²) >= 11 is 0. The van der Waals surface area contributed by atoms with Gasteiger partial charge in [-0.3, -0.25) is 9.98 Å². The summed E-state index contributed by atoms with van der Waals surface area (Å²) in [5, 5.41) is 13.5. The molecule has 4 aromatic rings. The monoisotopic (exact) mass is 942 g/mol. The Bertz CT molecular complexity index is 2410. The van der Waals surface area contributed by atoms with E-state index in [4.69, 9.17) is 42.6 Å². The largest absolute Gasteiger partial charge is 1.00 e.